The summed E-state index contributed by atoms with van der Waals surface area (Å²) in [6.45, 7) is 4.35. The summed E-state index contributed by atoms with van der Waals surface area (Å²) in [5.74, 6) is 1.31. The van der Waals surface area contributed by atoms with E-state index in [0.717, 1.165) is 5.56 Å². The minimum Gasteiger partial charge on any atom is -0.459 e. The lowest BCUT2D eigenvalue weighted by atomic mass is 10.1. The first-order chi connectivity index (χ1) is 13.6. The van der Waals surface area contributed by atoms with E-state index in [1.807, 2.05) is 41.0 Å². The van der Waals surface area contributed by atoms with Crippen LogP contribution in [-0.2, 0) is 11.2 Å². The molecular formula is C21H20N4O3. The standard InChI is InChI=1S/C21H20N4O3/c1-15-4-6-16(7-5-15)13-19(26)24-8-10-25(11-9-24)21-17(14-22)23-20(28-21)18-3-2-12-27-18/h2-7,12H,8-11,13H2,1H3. The Kier molecular flexibility index (Phi) is 4.85. The minimum atomic E-state index is 0.109. The van der Waals surface area contributed by atoms with Gasteiger partial charge in [-0.05, 0) is 24.6 Å². The monoisotopic (exact) mass is 376 g/mol. The Hall–Kier alpha value is -3.53. The smallest absolute Gasteiger partial charge is 0.266 e. The zero-order chi connectivity index (χ0) is 19.5. The van der Waals surface area contributed by atoms with Crippen molar-refractivity contribution in [3.05, 3.63) is 59.5 Å². The van der Waals surface area contributed by atoms with Gasteiger partial charge in [0.15, 0.2) is 5.76 Å². The van der Waals surface area contributed by atoms with Crippen LogP contribution in [0.25, 0.3) is 11.7 Å². The van der Waals surface area contributed by atoms with Crippen molar-refractivity contribution in [3.8, 4) is 17.7 Å². The molecule has 28 heavy (non-hydrogen) atoms. The average molecular weight is 376 g/mol. The number of nitrogens with zero attached hydrogens (tertiary/aromatic N) is 4. The molecule has 1 aliphatic rings. The Morgan fingerprint density at radius 3 is 2.57 bits per heavy atom. The van der Waals surface area contributed by atoms with Crippen LogP contribution < -0.4 is 4.90 Å². The molecule has 7 heteroatoms. The first-order valence-corrected chi connectivity index (χ1v) is 9.17. The molecule has 3 aromatic rings. The van der Waals surface area contributed by atoms with Gasteiger partial charge in [-0.3, -0.25) is 4.79 Å². The van der Waals surface area contributed by atoms with Gasteiger partial charge >= 0.3 is 0 Å². The number of nitriles is 1. The van der Waals surface area contributed by atoms with Crippen molar-refractivity contribution in [1.29, 1.82) is 5.26 Å². The summed E-state index contributed by atoms with van der Waals surface area (Å²) in [5, 5.41) is 9.39. The first kappa shape index (κ1) is 17.9. The average Bonchev–Trinajstić information content (AvgIpc) is 3.39. The largest absolute Gasteiger partial charge is 0.459 e. The third-order valence-electron chi connectivity index (χ3n) is 4.84. The van der Waals surface area contributed by atoms with E-state index < -0.39 is 0 Å². The second kappa shape index (κ2) is 7.61. The van der Waals surface area contributed by atoms with Crippen LogP contribution in [0.3, 0.4) is 0 Å². The van der Waals surface area contributed by atoms with Crippen molar-refractivity contribution >= 4 is 11.8 Å². The van der Waals surface area contributed by atoms with Gasteiger partial charge in [0.1, 0.15) is 6.07 Å². The van der Waals surface area contributed by atoms with Crippen LogP contribution in [0.2, 0.25) is 0 Å². The van der Waals surface area contributed by atoms with Gasteiger partial charge in [-0.25, -0.2) is 0 Å². The van der Waals surface area contributed by atoms with E-state index in [9.17, 15) is 10.1 Å². The number of aryl methyl sites for hydroxylation is 1. The summed E-state index contributed by atoms with van der Waals surface area (Å²) in [7, 11) is 0. The van der Waals surface area contributed by atoms with E-state index in [2.05, 4.69) is 11.1 Å². The second-order valence-corrected chi connectivity index (χ2v) is 6.79. The predicted molar refractivity (Wildman–Crippen MR) is 103 cm³/mol. The molecule has 1 fully saturated rings. The number of carbonyl (C=O) groups excluding carboxylic acids is 1. The van der Waals surface area contributed by atoms with Crippen molar-refractivity contribution in [3.63, 3.8) is 0 Å². The number of hydrogen-bond acceptors (Lipinski definition) is 6. The molecule has 0 bridgehead atoms. The fraction of sp³-hybridized carbons (Fsp3) is 0.286. The van der Waals surface area contributed by atoms with Crippen molar-refractivity contribution < 1.29 is 13.6 Å². The maximum atomic E-state index is 12.6. The van der Waals surface area contributed by atoms with Gasteiger partial charge in [-0.15, -0.1) is 0 Å². The summed E-state index contributed by atoms with van der Waals surface area (Å²) in [4.78, 5) is 20.6. The molecule has 4 rings (SSSR count). The van der Waals surface area contributed by atoms with Gasteiger partial charge in [0.2, 0.25) is 17.5 Å². The molecule has 142 valence electrons. The number of amides is 1. The van der Waals surface area contributed by atoms with E-state index >= 15 is 0 Å². The lowest BCUT2D eigenvalue weighted by molar-refractivity contribution is -0.130. The van der Waals surface area contributed by atoms with Gasteiger partial charge < -0.3 is 18.6 Å². The fourth-order valence-corrected chi connectivity index (χ4v) is 3.26. The van der Waals surface area contributed by atoms with E-state index in [1.165, 1.54) is 11.8 Å². The van der Waals surface area contributed by atoms with Gasteiger partial charge in [0.25, 0.3) is 5.89 Å². The number of benzene rings is 1. The maximum Gasteiger partial charge on any atom is 0.266 e. The Labute approximate surface area is 162 Å². The number of furan rings is 1. The number of anilines is 1. The highest BCUT2D eigenvalue weighted by Gasteiger charge is 2.27. The van der Waals surface area contributed by atoms with Crippen molar-refractivity contribution in [2.75, 3.05) is 31.1 Å². The molecule has 0 aliphatic carbocycles. The predicted octanol–water partition coefficient (Wildman–Crippen LogP) is 3.01. The van der Waals surface area contributed by atoms with Gasteiger partial charge in [-0.1, -0.05) is 29.8 Å². The minimum absolute atomic E-state index is 0.109. The van der Waals surface area contributed by atoms with Gasteiger partial charge in [0, 0.05) is 26.2 Å². The number of carbonyl (C=O) groups is 1. The number of oxazole rings is 1. The third-order valence-corrected chi connectivity index (χ3v) is 4.84. The Morgan fingerprint density at radius 2 is 1.93 bits per heavy atom. The van der Waals surface area contributed by atoms with Gasteiger partial charge in [-0.2, -0.15) is 10.2 Å². The number of hydrogen-bond donors (Lipinski definition) is 0. The molecule has 7 nitrogen and oxygen atoms in total. The Morgan fingerprint density at radius 1 is 1.18 bits per heavy atom. The summed E-state index contributed by atoms with van der Waals surface area (Å²) >= 11 is 0. The summed E-state index contributed by atoms with van der Waals surface area (Å²) in [6.07, 6.45) is 1.93. The van der Waals surface area contributed by atoms with Crippen LogP contribution in [-0.4, -0.2) is 42.0 Å². The summed E-state index contributed by atoms with van der Waals surface area (Å²) < 4.78 is 11.1. The fourth-order valence-electron chi connectivity index (χ4n) is 3.26. The lowest BCUT2D eigenvalue weighted by Crippen LogP contribution is -2.49. The first-order valence-electron chi connectivity index (χ1n) is 9.17. The van der Waals surface area contributed by atoms with Crippen LogP contribution in [0.15, 0.2) is 51.5 Å². The molecular weight excluding hydrogens is 356 g/mol. The lowest BCUT2D eigenvalue weighted by Gasteiger charge is -2.34. The molecule has 0 saturated carbocycles. The molecule has 0 radical (unpaired) electrons. The van der Waals surface area contributed by atoms with E-state index in [-0.39, 0.29) is 17.5 Å². The van der Waals surface area contributed by atoms with E-state index in [4.69, 9.17) is 8.83 Å². The quantitative estimate of drug-likeness (QED) is 0.696. The molecule has 1 aromatic carbocycles. The number of rotatable bonds is 4. The molecule has 1 amide bonds. The summed E-state index contributed by atoms with van der Waals surface area (Å²) in [6, 6.07) is 13.6. The highest BCUT2D eigenvalue weighted by molar-refractivity contribution is 5.79. The normalized spacial score (nSPS) is 14.1. The third kappa shape index (κ3) is 3.62. The number of piperazine rings is 1. The molecule has 0 unspecified atom stereocenters. The van der Waals surface area contributed by atoms with E-state index in [1.54, 1.807) is 12.1 Å². The molecule has 3 heterocycles. The highest BCUT2D eigenvalue weighted by atomic mass is 16.4. The van der Waals surface area contributed by atoms with Crippen LogP contribution >= 0.6 is 0 Å². The SMILES string of the molecule is Cc1ccc(CC(=O)N2CCN(c3oc(-c4ccco4)nc3C#N)CC2)cc1. The number of aromatic nitrogens is 1. The Bertz CT molecular complexity index is 991. The van der Waals surface area contributed by atoms with Gasteiger partial charge in [0.05, 0.1) is 12.7 Å². The topological polar surface area (TPSA) is 86.5 Å². The molecule has 0 N–H and O–H groups in total. The van der Waals surface area contributed by atoms with Crippen molar-refractivity contribution in [2.45, 2.75) is 13.3 Å². The Balaban J connectivity index is 1.41. The summed E-state index contributed by atoms with van der Waals surface area (Å²) in [5.41, 5.74) is 2.42. The van der Waals surface area contributed by atoms with E-state index in [0.29, 0.717) is 44.2 Å². The van der Waals surface area contributed by atoms with Crippen LogP contribution in [0, 0.1) is 18.3 Å². The molecule has 1 saturated heterocycles. The molecule has 2 aromatic heterocycles. The van der Waals surface area contributed by atoms with Crippen molar-refractivity contribution in [1.82, 2.24) is 9.88 Å². The van der Waals surface area contributed by atoms with Crippen LogP contribution in [0.5, 0.6) is 0 Å². The highest BCUT2D eigenvalue weighted by Crippen LogP contribution is 2.29. The zero-order valence-corrected chi connectivity index (χ0v) is 15.6. The molecule has 0 atom stereocenters. The van der Waals surface area contributed by atoms with Crippen LogP contribution in [0.1, 0.15) is 16.8 Å². The zero-order valence-electron chi connectivity index (χ0n) is 15.6. The van der Waals surface area contributed by atoms with Crippen LogP contribution in [0.4, 0.5) is 5.88 Å². The van der Waals surface area contributed by atoms with Crippen molar-refractivity contribution in [2.24, 2.45) is 0 Å². The molecule has 1 aliphatic heterocycles. The maximum absolute atomic E-state index is 12.6. The second-order valence-electron chi connectivity index (χ2n) is 6.79. The molecule has 0 spiro atoms.